The van der Waals surface area contributed by atoms with Crippen LogP contribution in [0.3, 0.4) is 0 Å². The van der Waals surface area contributed by atoms with Gasteiger partial charge in [-0.1, -0.05) is 57.2 Å². The van der Waals surface area contributed by atoms with E-state index >= 15 is 0 Å². The van der Waals surface area contributed by atoms with Gasteiger partial charge in [0.25, 0.3) is 0 Å². The highest BCUT2D eigenvalue weighted by atomic mass is 32.1. The molecule has 6 N–H and O–H groups in total. The lowest BCUT2D eigenvalue weighted by Crippen LogP contribution is -2.47. The number of benzene rings is 2. The molecule has 3 heterocycles. The molecule has 0 spiro atoms. The molecule has 0 saturated heterocycles. The van der Waals surface area contributed by atoms with Gasteiger partial charge in [-0.25, -0.2) is 4.98 Å². The fourth-order valence-electron chi connectivity index (χ4n) is 5.51. The molecule has 5 rings (SSSR count). The summed E-state index contributed by atoms with van der Waals surface area (Å²) >= 11 is 1.27. The van der Waals surface area contributed by atoms with E-state index in [1.54, 1.807) is 0 Å². The number of ether oxygens (including phenoxy) is 1. The summed E-state index contributed by atoms with van der Waals surface area (Å²) in [7, 11) is 0. The topological polar surface area (TPSA) is 179 Å². The maximum Gasteiger partial charge on any atom is 0.224 e. The number of amides is 2. The van der Waals surface area contributed by atoms with E-state index < -0.39 is 23.9 Å². The van der Waals surface area contributed by atoms with Crippen molar-refractivity contribution in [2.24, 2.45) is 34.2 Å². The van der Waals surface area contributed by atoms with Gasteiger partial charge in [-0.05, 0) is 67.9 Å². The van der Waals surface area contributed by atoms with Crippen LogP contribution in [0.2, 0.25) is 0 Å². The number of carbonyl (C=O) groups is 4. The van der Waals surface area contributed by atoms with Crippen LogP contribution in [0.5, 0.6) is 5.75 Å². The van der Waals surface area contributed by atoms with Crippen molar-refractivity contribution < 1.29 is 23.9 Å². The van der Waals surface area contributed by atoms with E-state index in [1.165, 1.54) is 11.3 Å². The molecule has 0 unspecified atom stereocenters. The number of ketones is 2. The monoisotopic (exact) mass is 674 g/mol. The molecule has 1 aromatic heterocycles. The van der Waals surface area contributed by atoms with Gasteiger partial charge in [0.2, 0.25) is 17.6 Å². The maximum absolute atomic E-state index is 14.1. The van der Waals surface area contributed by atoms with Gasteiger partial charge < -0.3 is 26.8 Å². The third-order valence-electron chi connectivity index (χ3n) is 8.17. The normalized spacial score (nSPS) is 20.4. The van der Waals surface area contributed by atoms with Crippen molar-refractivity contribution in [1.29, 1.82) is 0 Å². The Morgan fingerprint density at radius 2 is 1.83 bits per heavy atom. The van der Waals surface area contributed by atoms with Gasteiger partial charge in [0, 0.05) is 24.8 Å². The number of Topliss-reactive ketones (excluding diaryl/α,β-unsaturated/α-hetero) is 2. The van der Waals surface area contributed by atoms with Gasteiger partial charge in [0.05, 0.1) is 22.3 Å². The molecule has 2 aromatic carbocycles. The number of rotatable bonds is 10. The van der Waals surface area contributed by atoms with Gasteiger partial charge in [-0.15, -0.1) is 11.3 Å². The van der Waals surface area contributed by atoms with E-state index in [0.29, 0.717) is 37.1 Å². The molecule has 2 bridgehead atoms. The van der Waals surface area contributed by atoms with Crippen LogP contribution < -0.4 is 26.8 Å². The second-order valence-electron chi connectivity index (χ2n) is 12.7. The van der Waals surface area contributed by atoms with Gasteiger partial charge in [-0.3, -0.25) is 24.2 Å². The van der Waals surface area contributed by atoms with E-state index in [4.69, 9.17) is 16.2 Å². The number of fused-ring (bicyclic) bond motifs is 14. The smallest absolute Gasteiger partial charge is 0.224 e. The predicted octanol–water partition coefficient (Wildman–Crippen LogP) is 4.34. The van der Waals surface area contributed by atoms with Crippen LogP contribution in [-0.2, 0) is 20.8 Å². The maximum atomic E-state index is 14.1. The molecule has 2 aliphatic heterocycles. The van der Waals surface area contributed by atoms with Crippen LogP contribution in [0, 0.1) is 17.8 Å². The summed E-state index contributed by atoms with van der Waals surface area (Å²) in [5, 5.41) is 6.19. The summed E-state index contributed by atoms with van der Waals surface area (Å²) < 4.78 is 6.68. The second kappa shape index (κ2) is 17.5. The molecule has 0 radical (unpaired) electrons. The predicted molar refractivity (Wildman–Crippen MR) is 189 cm³/mol. The zero-order chi connectivity index (χ0) is 34.6. The van der Waals surface area contributed by atoms with Crippen LogP contribution >= 0.6 is 11.3 Å². The molecule has 12 heteroatoms. The lowest BCUT2D eigenvalue weighted by atomic mass is 9.88. The van der Waals surface area contributed by atoms with E-state index in [2.05, 4.69) is 20.6 Å². The van der Waals surface area contributed by atoms with E-state index in [9.17, 15) is 19.2 Å². The van der Waals surface area contributed by atoms with Crippen molar-refractivity contribution in [3.8, 4) is 5.75 Å². The summed E-state index contributed by atoms with van der Waals surface area (Å²) in [6, 6.07) is 13.2. The van der Waals surface area contributed by atoms with Crippen LogP contribution in [0.1, 0.15) is 68.2 Å². The number of hydrogen-bond acceptors (Lipinski definition) is 8. The lowest BCUT2D eigenvalue weighted by molar-refractivity contribution is -0.133. The minimum Gasteiger partial charge on any atom is -0.490 e. The van der Waals surface area contributed by atoms with Crippen LogP contribution in [0.25, 0.3) is 10.2 Å². The van der Waals surface area contributed by atoms with Gasteiger partial charge >= 0.3 is 0 Å². The Balaban J connectivity index is 1.63. The van der Waals surface area contributed by atoms with Gasteiger partial charge in [0.15, 0.2) is 16.8 Å². The molecule has 11 nitrogen and oxygen atoms in total. The summed E-state index contributed by atoms with van der Waals surface area (Å²) in [5.74, 6) is -1.64. The zero-order valence-corrected chi connectivity index (χ0v) is 28.6. The van der Waals surface area contributed by atoms with Crippen LogP contribution in [0.15, 0.2) is 65.7 Å². The number of nitrogens with one attached hydrogen (secondary N) is 2. The van der Waals surface area contributed by atoms with Crippen molar-refractivity contribution in [2.75, 3.05) is 13.2 Å². The summed E-state index contributed by atoms with van der Waals surface area (Å²) in [4.78, 5) is 63.5. The molecule has 0 saturated carbocycles. The molecule has 2 amide bonds. The Morgan fingerprint density at radius 3 is 2.54 bits per heavy atom. The third-order valence-corrected chi connectivity index (χ3v) is 9.22. The van der Waals surface area contributed by atoms with Crippen molar-refractivity contribution in [3.05, 3.63) is 71.3 Å². The lowest BCUT2D eigenvalue weighted by Gasteiger charge is -2.25. The molecule has 0 fully saturated rings. The third kappa shape index (κ3) is 10.7. The molecule has 2 aliphatic rings. The fraction of sp³-hybridized carbons (Fsp3) is 0.444. The molecule has 256 valence electrons. The van der Waals surface area contributed by atoms with Crippen molar-refractivity contribution >= 4 is 50.9 Å². The Hall–Kier alpha value is -4.58. The van der Waals surface area contributed by atoms with Crippen LogP contribution in [-0.4, -0.2) is 59.6 Å². The summed E-state index contributed by atoms with van der Waals surface area (Å²) in [5.41, 5.74) is 12.5. The first-order valence-electron chi connectivity index (χ1n) is 16.5. The summed E-state index contributed by atoms with van der Waals surface area (Å²) in [6.45, 7) is 6.42. The highest BCUT2D eigenvalue weighted by molar-refractivity contribution is 7.20. The average Bonchev–Trinajstić information content (AvgIpc) is 3.49. The fourth-order valence-corrected chi connectivity index (χ4v) is 6.47. The minimum absolute atomic E-state index is 0.0570. The highest BCUT2D eigenvalue weighted by Crippen LogP contribution is 2.25. The zero-order valence-electron chi connectivity index (χ0n) is 27.8. The minimum atomic E-state index is -0.915. The first-order chi connectivity index (χ1) is 23.0. The number of aromatic nitrogens is 1. The van der Waals surface area contributed by atoms with E-state index in [-0.39, 0.29) is 66.1 Å². The first-order valence-corrected chi connectivity index (χ1v) is 17.3. The van der Waals surface area contributed by atoms with Crippen molar-refractivity contribution in [1.82, 2.24) is 15.6 Å². The number of hydrogen-bond donors (Lipinski definition) is 4. The Kier molecular flexibility index (Phi) is 13.2. The number of nitrogens with zero attached hydrogens (tertiary/aromatic N) is 2. The largest absolute Gasteiger partial charge is 0.490 e. The Morgan fingerprint density at radius 1 is 1.08 bits per heavy atom. The highest BCUT2D eigenvalue weighted by Gasteiger charge is 2.32. The van der Waals surface area contributed by atoms with Crippen molar-refractivity contribution in [3.63, 3.8) is 0 Å². The number of carbonyl (C=O) groups excluding carboxylic acids is 4. The number of allylic oxidation sites excluding steroid dienone is 1. The molecular formula is C36H46N6O5S. The average molecular weight is 675 g/mol. The number of para-hydroxylation sites is 1. The van der Waals surface area contributed by atoms with Gasteiger partial charge in [0.1, 0.15) is 12.4 Å². The first kappa shape index (κ1) is 36.3. The van der Waals surface area contributed by atoms with Crippen molar-refractivity contribution in [2.45, 2.75) is 71.4 Å². The number of thiazole rings is 1. The molecule has 0 aliphatic carbocycles. The SMILES string of the molecule is CC(C)C[C@@H]1NC(=O)[C@@H](C)C/C=C/COc2ccc(cc2)C[C@@H](C(=O)N[C@@H](CCCN=C(N)N)C(=O)c2nc3ccccc3s2)CC1=O. The molecule has 3 aromatic rings. The Bertz CT molecular complexity index is 1600. The van der Waals surface area contributed by atoms with E-state index in [0.717, 1.165) is 10.3 Å². The standard InChI is InChI=1S/C36H46N6O5S/c1-22(2)19-29-30(43)21-25(20-24-13-15-26(16-14-24)47-18-7-6-9-23(3)33(45)41-29)34(46)40-28(11-8-17-39-36(37)38)32(44)35-42-27-10-4-5-12-31(27)48-35/h4-7,10,12-16,22-23,25,28-29H,8-9,11,17-21H2,1-3H3,(H,40,46)(H,41,45)(H4,37,38,39)/b7-6+/t23-,25+,28-,29-/m0/s1. The quantitative estimate of drug-likeness (QED) is 0.0806. The number of aliphatic imine (C=N–C) groups is 1. The summed E-state index contributed by atoms with van der Waals surface area (Å²) in [6.07, 6.45) is 5.53. The molecule has 4 atom stereocenters. The van der Waals surface area contributed by atoms with Crippen LogP contribution in [0.4, 0.5) is 0 Å². The molecular weight excluding hydrogens is 629 g/mol. The molecule has 48 heavy (non-hydrogen) atoms. The number of guanidine groups is 1. The Labute approximate surface area is 285 Å². The van der Waals surface area contributed by atoms with E-state index in [1.807, 2.05) is 81.5 Å². The van der Waals surface area contributed by atoms with Gasteiger partial charge in [-0.2, -0.15) is 0 Å². The number of nitrogens with two attached hydrogens (primary N) is 2. The second-order valence-corrected chi connectivity index (χ2v) is 13.7.